The van der Waals surface area contributed by atoms with Crippen LogP contribution in [-0.2, 0) is 24.2 Å². The molecule has 1 rings (SSSR count). The van der Waals surface area contributed by atoms with E-state index >= 15 is 0 Å². The molecule has 2 N–H and O–H groups in total. The van der Waals surface area contributed by atoms with E-state index in [0.717, 1.165) is 0 Å². The summed E-state index contributed by atoms with van der Waals surface area (Å²) in [7, 11) is -2.47. The van der Waals surface area contributed by atoms with Gasteiger partial charge in [-0.1, -0.05) is 11.6 Å². The largest absolute Gasteiger partial charge is 0.480 e. The molecule has 0 spiro atoms. The highest BCUT2D eigenvalue weighted by molar-refractivity contribution is 7.92. The summed E-state index contributed by atoms with van der Waals surface area (Å²) in [4.78, 5) is 22.7. The number of amides is 1. The van der Waals surface area contributed by atoms with E-state index in [1.54, 1.807) is 0 Å². The number of carboxylic acid groups (broad SMARTS) is 1. The summed E-state index contributed by atoms with van der Waals surface area (Å²) in [5.74, 6) is -2.99. The van der Waals surface area contributed by atoms with E-state index in [1.165, 1.54) is 31.4 Å². The monoisotopic (exact) mass is 349 g/mol. The predicted octanol–water partition coefficient (Wildman–Crippen LogP) is 0.720. The first-order valence-corrected chi connectivity index (χ1v) is 8.28. The van der Waals surface area contributed by atoms with E-state index in [9.17, 15) is 18.0 Å². The standard InChI is InChI=1S/C13H16ClNO6S/c1-21-7-6-11(13(17)18)15-12(16)8-22(19,20)10-4-2-9(14)3-5-10/h2-5,11H,6-8H2,1H3,(H,15,16)(H,17,18). The third-order valence-electron chi connectivity index (χ3n) is 2.74. The number of methoxy groups -OCH3 is 1. The van der Waals surface area contributed by atoms with Gasteiger partial charge in [0.25, 0.3) is 0 Å². The fraction of sp³-hybridized carbons (Fsp3) is 0.385. The van der Waals surface area contributed by atoms with Gasteiger partial charge in [-0.2, -0.15) is 0 Å². The molecule has 0 aliphatic heterocycles. The van der Waals surface area contributed by atoms with Gasteiger partial charge in [0.05, 0.1) is 4.90 Å². The van der Waals surface area contributed by atoms with Crippen LogP contribution in [0.3, 0.4) is 0 Å². The molecular formula is C13H16ClNO6S. The average Bonchev–Trinajstić information content (AvgIpc) is 2.43. The lowest BCUT2D eigenvalue weighted by Crippen LogP contribution is -2.43. The Labute approximate surface area is 133 Å². The van der Waals surface area contributed by atoms with Crippen LogP contribution in [0.15, 0.2) is 29.2 Å². The molecule has 22 heavy (non-hydrogen) atoms. The van der Waals surface area contributed by atoms with Crippen molar-refractivity contribution in [2.45, 2.75) is 17.4 Å². The van der Waals surface area contributed by atoms with Crippen LogP contribution in [0.5, 0.6) is 0 Å². The normalized spacial score (nSPS) is 12.6. The molecule has 0 aliphatic rings. The summed E-state index contributed by atoms with van der Waals surface area (Å²) in [6.45, 7) is 0.126. The van der Waals surface area contributed by atoms with Gasteiger partial charge in [0.2, 0.25) is 5.91 Å². The lowest BCUT2D eigenvalue weighted by molar-refractivity contribution is -0.142. The fourth-order valence-corrected chi connectivity index (χ4v) is 2.90. The molecule has 0 bridgehead atoms. The number of halogens is 1. The minimum Gasteiger partial charge on any atom is -0.480 e. The van der Waals surface area contributed by atoms with Crippen LogP contribution in [0, 0.1) is 0 Å². The Balaban J connectivity index is 2.73. The molecule has 1 unspecified atom stereocenters. The molecule has 1 atom stereocenters. The molecule has 1 aromatic rings. The van der Waals surface area contributed by atoms with Gasteiger partial charge in [-0.25, -0.2) is 13.2 Å². The lowest BCUT2D eigenvalue weighted by Gasteiger charge is -2.14. The number of hydrogen-bond donors (Lipinski definition) is 2. The van der Waals surface area contributed by atoms with E-state index in [-0.39, 0.29) is 17.9 Å². The first-order chi connectivity index (χ1) is 10.3. The molecule has 1 amide bonds. The van der Waals surface area contributed by atoms with Crippen molar-refractivity contribution in [2.75, 3.05) is 19.5 Å². The second-order valence-corrected chi connectivity index (χ2v) is 6.88. The smallest absolute Gasteiger partial charge is 0.326 e. The van der Waals surface area contributed by atoms with Gasteiger partial charge in [0.15, 0.2) is 9.84 Å². The minimum absolute atomic E-state index is 0.0402. The van der Waals surface area contributed by atoms with Crippen molar-refractivity contribution in [3.05, 3.63) is 29.3 Å². The third kappa shape index (κ3) is 5.63. The molecule has 0 heterocycles. The number of carboxylic acids is 1. The Bertz CT molecular complexity index is 628. The number of aliphatic carboxylic acids is 1. The maximum absolute atomic E-state index is 12.0. The topological polar surface area (TPSA) is 110 Å². The molecule has 0 saturated heterocycles. The highest BCUT2D eigenvalue weighted by Gasteiger charge is 2.24. The maximum Gasteiger partial charge on any atom is 0.326 e. The van der Waals surface area contributed by atoms with Gasteiger partial charge >= 0.3 is 5.97 Å². The summed E-state index contributed by atoms with van der Waals surface area (Å²) in [5.41, 5.74) is 0. The van der Waals surface area contributed by atoms with Gasteiger partial charge in [-0.15, -0.1) is 0 Å². The Hall–Kier alpha value is -1.64. The number of sulfone groups is 1. The van der Waals surface area contributed by atoms with E-state index in [4.69, 9.17) is 21.4 Å². The highest BCUT2D eigenvalue weighted by atomic mass is 35.5. The fourth-order valence-electron chi connectivity index (χ4n) is 1.63. The van der Waals surface area contributed by atoms with Gasteiger partial charge in [-0.05, 0) is 24.3 Å². The van der Waals surface area contributed by atoms with Crippen molar-refractivity contribution in [1.29, 1.82) is 0 Å². The van der Waals surface area contributed by atoms with Crippen molar-refractivity contribution in [2.24, 2.45) is 0 Å². The molecule has 0 saturated carbocycles. The number of carbonyl (C=O) groups is 2. The Morgan fingerprint density at radius 2 is 1.91 bits per heavy atom. The van der Waals surface area contributed by atoms with Crippen LogP contribution in [0.25, 0.3) is 0 Å². The molecule has 0 aliphatic carbocycles. The maximum atomic E-state index is 12.0. The van der Waals surface area contributed by atoms with E-state index in [2.05, 4.69) is 5.32 Å². The van der Waals surface area contributed by atoms with Gasteiger partial charge < -0.3 is 15.2 Å². The number of carbonyl (C=O) groups excluding carboxylic acids is 1. The Morgan fingerprint density at radius 1 is 1.32 bits per heavy atom. The van der Waals surface area contributed by atoms with Crippen LogP contribution >= 0.6 is 11.6 Å². The van der Waals surface area contributed by atoms with Crippen LogP contribution in [0.2, 0.25) is 5.02 Å². The quantitative estimate of drug-likeness (QED) is 0.715. The zero-order chi connectivity index (χ0) is 16.8. The SMILES string of the molecule is COCCC(NC(=O)CS(=O)(=O)c1ccc(Cl)cc1)C(=O)O. The summed E-state index contributed by atoms with van der Waals surface area (Å²) >= 11 is 5.67. The summed E-state index contributed by atoms with van der Waals surface area (Å²) in [5, 5.41) is 11.5. The summed E-state index contributed by atoms with van der Waals surface area (Å²) in [6, 6.07) is 4.15. The number of hydrogen-bond acceptors (Lipinski definition) is 5. The zero-order valence-electron chi connectivity index (χ0n) is 11.8. The second kappa shape index (κ2) is 8.11. The lowest BCUT2D eigenvalue weighted by atomic mass is 10.2. The van der Waals surface area contributed by atoms with Crippen molar-refractivity contribution >= 4 is 33.3 Å². The minimum atomic E-state index is -3.86. The van der Waals surface area contributed by atoms with E-state index in [0.29, 0.717) is 5.02 Å². The van der Waals surface area contributed by atoms with Crippen molar-refractivity contribution in [1.82, 2.24) is 5.32 Å². The highest BCUT2D eigenvalue weighted by Crippen LogP contribution is 2.15. The predicted molar refractivity (Wildman–Crippen MR) is 79.6 cm³/mol. The van der Waals surface area contributed by atoms with Crippen LogP contribution < -0.4 is 5.32 Å². The molecule has 0 radical (unpaired) electrons. The molecule has 122 valence electrons. The molecule has 1 aromatic carbocycles. The van der Waals surface area contributed by atoms with Crippen LogP contribution in [-0.4, -0.2) is 50.9 Å². The van der Waals surface area contributed by atoms with E-state index < -0.39 is 33.5 Å². The van der Waals surface area contributed by atoms with Crippen LogP contribution in [0.1, 0.15) is 6.42 Å². The van der Waals surface area contributed by atoms with Gasteiger partial charge in [0, 0.05) is 25.2 Å². The first kappa shape index (κ1) is 18.4. The zero-order valence-corrected chi connectivity index (χ0v) is 13.4. The van der Waals surface area contributed by atoms with Gasteiger partial charge in [0.1, 0.15) is 11.8 Å². The van der Waals surface area contributed by atoms with Crippen molar-refractivity contribution < 1.29 is 27.9 Å². The molecular weight excluding hydrogens is 334 g/mol. The number of rotatable bonds is 8. The molecule has 0 fully saturated rings. The molecule has 0 aromatic heterocycles. The molecule has 7 nitrogen and oxygen atoms in total. The Morgan fingerprint density at radius 3 is 2.41 bits per heavy atom. The van der Waals surface area contributed by atoms with Crippen molar-refractivity contribution in [3.8, 4) is 0 Å². The van der Waals surface area contributed by atoms with E-state index in [1.807, 2.05) is 0 Å². The van der Waals surface area contributed by atoms with Gasteiger partial charge in [-0.3, -0.25) is 4.79 Å². The third-order valence-corrected chi connectivity index (χ3v) is 4.62. The summed E-state index contributed by atoms with van der Waals surface area (Å²) in [6.07, 6.45) is 0.0402. The van der Waals surface area contributed by atoms with Crippen LogP contribution in [0.4, 0.5) is 0 Å². The molecule has 9 heteroatoms. The number of ether oxygens (including phenoxy) is 1. The average molecular weight is 350 g/mol. The second-order valence-electron chi connectivity index (χ2n) is 4.45. The first-order valence-electron chi connectivity index (χ1n) is 6.25. The van der Waals surface area contributed by atoms with Crippen molar-refractivity contribution in [3.63, 3.8) is 0 Å². The summed E-state index contributed by atoms with van der Waals surface area (Å²) < 4.78 is 28.8. The Kier molecular flexibility index (Phi) is 6.79. The number of benzene rings is 1. The number of nitrogens with one attached hydrogen (secondary N) is 1.